The molecule has 5 heteroatoms. The molecule has 1 amide bonds. The van der Waals surface area contributed by atoms with Gasteiger partial charge in [-0.05, 0) is 60.5 Å². The van der Waals surface area contributed by atoms with E-state index in [0.29, 0.717) is 29.2 Å². The lowest BCUT2D eigenvalue weighted by atomic mass is 9.97. The molecular weight excluding hydrogens is 369 g/mol. The van der Waals surface area contributed by atoms with Gasteiger partial charge in [0.15, 0.2) is 0 Å². The van der Waals surface area contributed by atoms with Gasteiger partial charge in [-0.15, -0.1) is 0 Å². The highest BCUT2D eigenvalue weighted by atomic mass is 19.1. The first-order valence-electron chi connectivity index (χ1n) is 9.51. The molecule has 0 spiro atoms. The number of nitrogens with one attached hydrogen (secondary N) is 1. The number of carbonyl (C=O) groups excluding carboxylic acids is 1. The van der Waals surface area contributed by atoms with Crippen LogP contribution in [0.15, 0.2) is 72.8 Å². The lowest BCUT2D eigenvalue weighted by molar-refractivity contribution is 0.102. The highest BCUT2D eigenvalue weighted by Crippen LogP contribution is 2.27. The summed E-state index contributed by atoms with van der Waals surface area (Å²) in [7, 11) is 1.58. The molecule has 3 aromatic carbocycles. The predicted octanol–water partition coefficient (Wildman–Crippen LogP) is 5.60. The van der Waals surface area contributed by atoms with Gasteiger partial charge in [-0.3, -0.25) is 4.79 Å². The van der Waals surface area contributed by atoms with Crippen LogP contribution in [0.1, 0.15) is 34.6 Å². The first-order chi connectivity index (χ1) is 14.1. The van der Waals surface area contributed by atoms with Gasteiger partial charge in [-0.2, -0.15) is 0 Å². The molecule has 4 nitrogen and oxygen atoms in total. The predicted molar refractivity (Wildman–Crippen MR) is 113 cm³/mol. The van der Waals surface area contributed by atoms with Crippen molar-refractivity contribution in [2.24, 2.45) is 0 Å². The lowest BCUT2D eigenvalue weighted by Crippen LogP contribution is -2.15. The average molecular weight is 393 g/mol. The Labute approximate surface area is 170 Å². The molecule has 3 rings (SSSR count). The lowest BCUT2D eigenvalue weighted by Gasteiger charge is -2.14. The molecule has 0 aliphatic rings. The van der Waals surface area contributed by atoms with E-state index in [4.69, 9.17) is 9.47 Å². The molecule has 0 radical (unpaired) electrons. The molecule has 0 aliphatic heterocycles. The van der Waals surface area contributed by atoms with Crippen molar-refractivity contribution in [1.82, 2.24) is 0 Å². The number of hydrogen-bond donors (Lipinski definition) is 1. The van der Waals surface area contributed by atoms with Gasteiger partial charge >= 0.3 is 0 Å². The topological polar surface area (TPSA) is 47.6 Å². The molecule has 0 unspecified atom stereocenters. The molecule has 0 saturated heterocycles. The standard InChI is InChI=1S/C24H24FNO3/c1-3-29-20-12-8-17(9-13-20)16-23(25)21-6-4-5-7-22(21)24(27)26-18-10-14-19(28-2)15-11-18/h4-15,23H,3,16H2,1-2H3,(H,26,27)/t23-/m1/s1. The van der Waals surface area contributed by atoms with E-state index in [-0.39, 0.29) is 12.3 Å². The zero-order chi connectivity index (χ0) is 20.6. The van der Waals surface area contributed by atoms with Crippen molar-refractivity contribution < 1.29 is 18.7 Å². The van der Waals surface area contributed by atoms with E-state index in [1.165, 1.54) is 0 Å². The van der Waals surface area contributed by atoms with E-state index in [1.807, 2.05) is 31.2 Å². The number of rotatable bonds is 8. The fraction of sp³-hybridized carbons (Fsp3) is 0.208. The first kappa shape index (κ1) is 20.4. The maximum atomic E-state index is 15.1. The molecule has 0 bridgehead atoms. The van der Waals surface area contributed by atoms with E-state index >= 15 is 4.39 Å². The number of ether oxygens (including phenoxy) is 2. The first-order valence-corrected chi connectivity index (χ1v) is 9.51. The monoisotopic (exact) mass is 393 g/mol. The number of halogens is 1. The molecule has 0 heterocycles. The second-order valence-corrected chi connectivity index (χ2v) is 6.52. The summed E-state index contributed by atoms with van der Waals surface area (Å²) in [5.41, 5.74) is 2.15. The van der Waals surface area contributed by atoms with Crippen molar-refractivity contribution in [2.45, 2.75) is 19.5 Å². The van der Waals surface area contributed by atoms with Gasteiger partial charge in [0.1, 0.15) is 17.7 Å². The average Bonchev–Trinajstić information content (AvgIpc) is 2.76. The third-order valence-corrected chi connectivity index (χ3v) is 4.54. The summed E-state index contributed by atoms with van der Waals surface area (Å²) in [4.78, 5) is 12.7. The minimum absolute atomic E-state index is 0.180. The molecule has 0 aromatic heterocycles. The van der Waals surface area contributed by atoms with Gasteiger partial charge in [-0.25, -0.2) is 4.39 Å². The number of hydrogen-bond acceptors (Lipinski definition) is 3. The molecule has 29 heavy (non-hydrogen) atoms. The number of methoxy groups -OCH3 is 1. The molecule has 0 saturated carbocycles. The number of benzene rings is 3. The number of alkyl halides is 1. The van der Waals surface area contributed by atoms with Crippen LogP contribution in [0.4, 0.5) is 10.1 Å². The van der Waals surface area contributed by atoms with Crippen LogP contribution in [0, 0.1) is 0 Å². The molecule has 1 N–H and O–H groups in total. The van der Waals surface area contributed by atoms with Crippen molar-refractivity contribution in [2.75, 3.05) is 19.0 Å². The van der Waals surface area contributed by atoms with Gasteiger partial charge in [0.2, 0.25) is 0 Å². The van der Waals surface area contributed by atoms with Crippen LogP contribution in [0.25, 0.3) is 0 Å². The Morgan fingerprint density at radius 2 is 1.62 bits per heavy atom. The Bertz CT molecular complexity index is 939. The van der Waals surface area contributed by atoms with Crippen LogP contribution in [-0.4, -0.2) is 19.6 Å². The maximum Gasteiger partial charge on any atom is 0.256 e. The summed E-state index contributed by atoms with van der Waals surface area (Å²) in [6.45, 7) is 2.50. The molecule has 0 aliphatic carbocycles. The Morgan fingerprint density at radius 3 is 2.28 bits per heavy atom. The number of anilines is 1. The van der Waals surface area contributed by atoms with Crippen molar-refractivity contribution in [1.29, 1.82) is 0 Å². The molecule has 150 valence electrons. The Kier molecular flexibility index (Phi) is 6.85. The van der Waals surface area contributed by atoms with Crippen LogP contribution in [0.2, 0.25) is 0 Å². The minimum Gasteiger partial charge on any atom is -0.497 e. The van der Waals surface area contributed by atoms with Crippen molar-refractivity contribution in [3.8, 4) is 11.5 Å². The van der Waals surface area contributed by atoms with Crippen LogP contribution in [0.5, 0.6) is 11.5 Å². The van der Waals surface area contributed by atoms with Gasteiger partial charge < -0.3 is 14.8 Å². The van der Waals surface area contributed by atoms with Crippen molar-refractivity contribution in [3.05, 3.63) is 89.5 Å². The number of carbonyl (C=O) groups is 1. The van der Waals surface area contributed by atoms with Gasteiger partial charge in [0, 0.05) is 17.7 Å². The van der Waals surface area contributed by atoms with E-state index < -0.39 is 6.17 Å². The summed E-state index contributed by atoms with van der Waals surface area (Å²) >= 11 is 0. The largest absolute Gasteiger partial charge is 0.497 e. The molecule has 3 aromatic rings. The summed E-state index contributed by atoms with van der Waals surface area (Å²) in [6.07, 6.45) is -1.12. The minimum atomic E-state index is -1.30. The Balaban J connectivity index is 1.73. The SMILES string of the molecule is CCOc1ccc(C[C@@H](F)c2ccccc2C(=O)Nc2ccc(OC)cc2)cc1. The van der Waals surface area contributed by atoms with Crippen LogP contribution in [-0.2, 0) is 6.42 Å². The van der Waals surface area contributed by atoms with Gasteiger partial charge in [0.05, 0.1) is 13.7 Å². The molecular formula is C24H24FNO3. The summed E-state index contributed by atoms with van der Waals surface area (Å²) in [5.74, 6) is 1.11. The normalized spacial score (nSPS) is 11.6. The van der Waals surface area contributed by atoms with Crippen LogP contribution < -0.4 is 14.8 Å². The second kappa shape index (κ2) is 9.73. The van der Waals surface area contributed by atoms with Gasteiger partial charge in [0.25, 0.3) is 5.91 Å². The van der Waals surface area contributed by atoms with E-state index in [1.54, 1.807) is 55.6 Å². The quantitative estimate of drug-likeness (QED) is 0.542. The smallest absolute Gasteiger partial charge is 0.256 e. The molecule has 1 atom stereocenters. The zero-order valence-corrected chi connectivity index (χ0v) is 16.5. The zero-order valence-electron chi connectivity index (χ0n) is 16.5. The van der Waals surface area contributed by atoms with Crippen molar-refractivity contribution in [3.63, 3.8) is 0 Å². The Hall–Kier alpha value is -3.34. The van der Waals surface area contributed by atoms with Crippen LogP contribution >= 0.6 is 0 Å². The summed E-state index contributed by atoms with van der Waals surface area (Å²) in [5, 5.41) is 2.81. The van der Waals surface area contributed by atoms with Crippen molar-refractivity contribution >= 4 is 11.6 Å². The maximum absolute atomic E-state index is 15.1. The third kappa shape index (κ3) is 5.35. The van der Waals surface area contributed by atoms with E-state index in [2.05, 4.69) is 5.32 Å². The highest BCUT2D eigenvalue weighted by molar-refractivity contribution is 6.05. The van der Waals surface area contributed by atoms with Crippen LogP contribution in [0.3, 0.4) is 0 Å². The molecule has 0 fully saturated rings. The summed E-state index contributed by atoms with van der Waals surface area (Å²) in [6, 6.07) is 21.1. The van der Waals surface area contributed by atoms with Gasteiger partial charge in [-0.1, -0.05) is 30.3 Å². The Morgan fingerprint density at radius 1 is 0.966 bits per heavy atom. The fourth-order valence-corrected chi connectivity index (χ4v) is 3.06. The number of amides is 1. The highest BCUT2D eigenvalue weighted by Gasteiger charge is 2.19. The third-order valence-electron chi connectivity index (χ3n) is 4.54. The second-order valence-electron chi connectivity index (χ2n) is 6.52. The fourth-order valence-electron chi connectivity index (χ4n) is 3.06. The van der Waals surface area contributed by atoms with E-state index in [0.717, 1.165) is 11.3 Å². The summed E-state index contributed by atoms with van der Waals surface area (Å²) < 4.78 is 25.6. The van der Waals surface area contributed by atoms with E-state index in [9.17, 15) is 4.79 Å².